The van der Waals surface area contributed by atoms with Crippen LogP contribution in [0.4, 0.5) is 10.5 Å². The molecule has 0 aliphatic heterocycles. The highest BCUT2D eigenvalue weighted by Crippen LogP contribution is 2.40. The van der Waals surface area contributed by atoms with Gasteiger partial charge >= 0.3 is 12.1 Å². The van der Waals surface area contributed by atoms with Crippen molar-refractivity contribution in [3.63, 3.8) is 0 Å². The highest BCUT2D eigenvalue weighted by atomic mass is 35.5. The van der Waals surface area contributed by atoms with Gasteiger partial charge in [-0.3, -0.25) is 0 Å². The minimum atomic E-state index is -2.25. The minimum absolute atomic E-state index is 0.0377. The molecule has 0 bridgehead atoms. The molecule has 0 radical (unpaired) electrons. The zero-order chi connectivity index (χ0) is 33.6. The topological polar surface area (TPSA) is 90.0 Å². The van der Waals surface area contributed by atoms with E-state index in [-0.39, 0.29) is 23.3 Å². The maximum Gasteiger partial charge on any atom is 0.410 e. The molecule has 3 rings (SSSR count). The summed E-state index contributed by atoms with van der Waals surface area (Å²) in [6, 6.07) is 20.4. The van der Waals surface area contributed by atoms with E-state index >= 15 is 0 Å². The smallest absolute Gasteiger partial charge is 0.410 e. The number of ether oxygens (including phenoxy) is 2. The van der Waals surface area contributed by atoms with E-state index in [1.807, 2.05) is 82.3 Å². The van der Waals surface area contributed by atoms with E-state index in [9.17, 15) is 9.59 Å². The van der Waals surface area contributed by atoms with Crippen LogP contribution in [-0.4, -0.2) is 62.1 Å². The zero-order valence-corrected chi connectivity index (χ0v) is 30.0. The van der Waals surface area contributed by atoms with Crippen LogP contribution in [0.15, 0.2) is 66.7 Å². The number of anilines is 1. The van der Waals surface area contributed by atoms with Crippen LogP contribution >= 0.6 is 11.6 Å². The average molecular weight is 654 g/mol. The first-order valence-corrected chi connectivity index (χ1v) is 18.5. The lowest BCUT2D eigenvalue weighted by Crippen LogP contribution is -2.49. The monoisotopic (exact) mass is 653 g/mol. The standard InChI is InChI=1S/C35H48ClN3O5Si/c1-24(22-37-28-17-12-14-25(21-28)29-18-13-19-30(38-29)32(40)42-8)39(33(41)43-34(2,3)4)23-31(26-15-11-16-27(36)20-26)44-45(9,10)35(5,6)7/h11-21,24,31,37H,22-23H2,1-10H3. The number of nitrogens with zero attached hydrogens (tertiary/aromatic N) is 2. The molecule has 2 atom stereocenters. The summed E-state index contributed by atoms with van der Waals surface area (Å²) in [5, 5.41) is 4.05. The van der Waals surface area contributed by atoms with Gasteiger partial charge in [-0.2, -0.15) is 0 Å². The number of benzene rings is 2. The van der Waals surface area contributed by atoms with Crippen molar-refractivity contribution in [2.75, 3.05) is 25.5 Å². The Balaban J connectivity index is 1.89. The van der Waals surface area contributed by atoms with Crippen molar-refractivity contribution in [1.82, 2.24) is 9.88 Å². The number of carbonyl (C=O) groups is 2. The number of hydrogen-bond donors (Lipinski definition) is 1. The third-order valence-corrected chi connectivity index (χ3v) is 12.6. The van der Waals surface area contributed by atoms with Gasteiger partial charge in [0.05, 0.1) is 25.5 Å². The molecule has 244 valence electrons. The Bertz CT molecular complexity index is 1470. The lowest BCUT2D eigenvalue weighted by atomic mass is 10.1. The second-order valence-electron chi connectivity index (χ2n) is 13.8. The summed E-state index contributed by atoms with van der Waals surface area (Å²) in [5.41, 5.74) is 2.81. The van der Waals surface area contributed by atoms with Crippen molar-refractivity contribution in [2.24, 2.45) is 0 Å². The van der Waals surface area contributed by atoms with Crippen LogP contribution in [0.1, 0.15) is 70.6 Å². The molecule has 2 unspecified atom stereocenters. The number of rotatable bonds is 11. The van der Waals surface area contributed by atoms with Gasteiger partial charge in [-0.25, -0.2) is 14.6 Å². The lowest BCUT2D eigenvalue weighted by Gasteiger charge is -2.41. The predicted octanol–water partition coefficient (Wildman–Crippen LogP) is 8.99. The predicted molar refractivity (Wildman–Crippen MR) is 184 cm³/mol. The molecular formula is C35H48ClN3O5Si. The molecule has 3 aromatic rings. The van der Waals surface area contributed by atoms with E-state index in [1.165, 1.54) is 7.11 Å². The van der Waals surface area contributed by atoms with Gasteiger partial charge in [0.25, 0.3) is 0 Å². The highest BCUT2D eigenvalue weighted by Gasteiger charge is 2.41. The quantitative estimate of drug-likeness (QED) is 0.163. The molecule has 0 spiro atoms. The molecular weight excluding hydrogens is 606 g/mol. The van der Waals surface area contributed by atoms with Crippen LogP contribution in [0.5, 0.6) is 0 Å². The van der Waals surface area contributed by atoms with E-state index < -0.39 is 32.1 Å². The Morgan fingerprint density at radius 3 is 2.27 bits per heavy atom. The number of carbonyl (C=O) groups excluding carboxylic acids is 2. The van der Waals surface area contributed by atoms with E-state index in [1.54, 1.807) is 17.0 Å². The summed E-state index contributed by atoms with van der Waals surface area (Å²) in [4.78, 5) is 31.9. The molecule has 10 heteroatoms. The number of esters is 1. The molecule has 45 heavy (non-hydrogen) atoms. The van der Waals surface area contributed by atoms with Crippen LogP contribution in [-0.2, 0) is 13.9 Å². The van der Waals surface area contributed by atoms with Gasteiger partial charge in [-0.1, -0.05) is 62.7 Å². The van der Waals surface area contributed by atoms with Gasteiger partial charge in [0.2, 0.25) is 0 Å². The first kappa shape index (κ1) is 36.1. The Morgan fingerprint density at radius 1 is 0.978 bits per heavy atom. The Hall–Kier alpha value is -3.40. The van der Waals surface area contributed by atoms with E-state index in [0.717, 1.165) is 16.8 Å². The molecule has 0 aliphatic rings. The van der Waals surface area contributed by atoms with Crippen molar-refractivity contribution in [3.8, 4) is 11.3 Å². The molecule has 2 aromatic carbocycles. The fourth-order valence-corrected chi connectivity index (χ4v) is 5.84. The number of pyridine rings is 1. The fourth-order valence-electron chi connectivity index (χ4n) is 4.36. The van der Waals surface area contributed by atoms with Gasteiger partial charge in [0, 0.05) is 28.9 Å². The number of halogens is 1. The van der Waals surface area contributed by atoms with Crippen molar-refractivity contribution in [3.05, 3.63) is 83.0 Å². The second-order valence-corrected chi connectivity index (χ2v) is 19.0. The van der Waals surface area contributed by atoms with Gasteiger partial charge in [0.1, 0.15) is 11.3 Å². The lowest BCUT2D eigenvalue weighted by molar-refractivity contribution is 0.00798. The Morgan fingerprint density at radius 2 is 1.64 bits per heavy atom. The zero-order valence-electron chi connectivity index (χ0n) is 28.2. The molecule has 8 nitrogen and oxygen atoms in total. The number of amides is 1. The van der Waals surface area contributed by atoms with E-state index in [2.05, 4.69) is 44.2 Å². The third-order valence-electron chi connectivity index (χ3n) is 7.89. The summed E-state index contributed by atoms with van der Waals surface area (Å²) in [5.74, 6) is -0.490. The number of hydrogen-bond acceptors (Lipinski definition) is 7. The van der Waals surface area contributed by atoms with Crippen molar-refractivity contribution in [1.29, 1.82) is 0 Å². The molecule has 0 aliphatic carbocycles. The molecule has 1 heterocycles. The van der Waals surface area contributed by atoms with Crippen molar-refractivity contribution >= 4 is 37.7 Å². The summed E-state index contributed by atoms with van der Waals surface area (Å²) < 4.78 is 17.7. The molecule has 0 saturated heterocycles. The largest absolute Gasteiger partial charge is 0.464 e. The summed E-state index contributed by atoms with van der Waals surface area (Å²) in [6.07, 6.45) is -0.823. The first-order chi connectivity index (χ1) is 20.9. The fraction of sp³-hybridized carbons (Fsp3) is 0.457. The van der Waals surface area contributed by atoms with Gasteiger partial charge in [-0.15, -0.1) is 0 Å². The SMILES string of the molecule is COC(=O)c1cccc(-c2cccc(NCC(C)N(CC(O[Si](C)(C)C(C)(C)C)c3cccc(Cl)c3)C(=O)OC(C)(C)C)c2)n1. The van der Waals surface area contributed by atoms with Crippen LogP contribution in [0.25, 0.3) is 11.3 Å². The van der Waals surface area contributed by atoms with Crippen LogP contribution in [0, 0.1) is 0 Å². The summed E-state index contributed by atoms with van der Waals surface area (Å²) in [7, 11) is -0.914. The van der Waals surface area contributed by atoms with Crippen LogP contribution in [0.2, 0.25) is 23.2 Å². The average Bonchev–Trinajstić information content (AvgIpc) is 2.96. The highest BCUT2D eigenvalue weighted by molar-refractivity contribution is 6.74. The van der Waals surface area contributed by atoms with E-state index in [0.29, 0.717) is 17.3 Å². The first-order valence-electron chi connectivity index (χ1n) is 15.2. The number of aromatic nitrogens is 1. The maximum atomic E-state index is 13.7. The van der Waals surface area contributed by atoms with Gasteiger partial charge in [-0.05, 0) is 87.8 Å². The molecule has 1 N–H and O–H groups in total. The van der Waals surface area contributed by atoms with Gasteiger partial charge in [0.15, 0.2) is 8.32 Å². The minimum Gasteiger partial charge on any atom is -0.464 e. The normalized spacial score (nSPS) is 13.5. The van der Waals surface area contributed by atoms with Gasteiger partial charge < -0.3 is 24.1 Å². The van der Waals surface area contributed by atoms with E-state index in [4.69, 9.17) is 25.5 Å². The molecule has 0 fully saturated rings. The number of methoxy groups -OCH3 is 1. The van der Waals surface area contributed by atoms with Crippen LogP contribution in [0.3, 0.4) is 0 Å². The second kappa shape index (κ2) is 14.8. The van der Waals surface area contributed by atoms with Crippen molar-refractivity contribution in [2.45, 2.75) is 84.3 Å². The van der Waals surface area contributed by atoms with Crippen molar-refractivity contribution < 1.29 is 23.5 Å². The maximum absolute atomic E-state index is 13.7. The number of nitrogens with one attached hydrogen (secondary N) is 1. The molecule has 1 aromatic heterocycles. The molecule has 1 amide bonds. The summed E-state index contributed by atoms with van der Waals surface area (Å²) >= 11 is 6.42. The Labute approximate surface area is 274 Å². The third kappa shape index (κ3) is 10.3. The van der Waals surface area contributed by atoms with Crippen LogP contribution < -0.4 is 5.32 Å². The molecule has 0 saturated carbocycles. The summed E-state index contributed by atoms with van der Waals surface area (Å²) in [6.45, 7) is 19.3. The Kier molecular flexibility index (Phi) is 11.9.